The van der Waals surface area contributed by atoms with Gasteiger partial charge in [-0.1, -0.05) is 30.4 Å². The topological polar surface area (TPSA) is 0 Å². The first-order valence-corrected chi connectivity index (χ1v) is 3.89. The van der Waals surface area contributed by atoms with Gasteiger partial charge in [-0.3, -0.25) is 0 Å². The largest absolute Gasteiger partial charge is 0.0845 e. The molecule has 0 N–H and O–H groups in total. The summed E-state index contributed by atoms with van der Waals surface area (Å²) < 4.78 is 0. The van der Waals surface area contributed by atoms with Crippen LogP contribution in [-0.4, -0.2) is 0 Å². The lowest BCUT2D eigenvalue weighted by atomic mass is 10.1. The Hall–Kier alpha value is -0.780. The van der Waals surface area contributed by atoms with Crippen LogP contribution in [0.25, 0.3) is 0 Å². The highest BCUT2D eigenvalue weighted by Gasteiger charge is 1.83. The van der Waals surface area contributed by atoms with Gasteiger partial charge >= 0.3 is 0 Å². The fourth-order valence-corrected chi connectivity index (χ4v) is 0.951. The zero-order valence-corrected chi connectivity index (χ0v) is 6.22. The third-order valence-corrected chi connectivity index (χ3v) is 1.53. The van der Waals surface area contributed by atoms with Gasteiger partial charge < -0.3 is 0 Å². The lowest BCUT2D eigenvalue weighted by molar-refractivity contribution is 0.761. The molecule has 0 aromatic heterocycles. The third kappa shape index (κ3) is 3.29. The van der Waals surface area contributed by atoms with Crippen LogP contribution in [-0.2, 0) is 0 Å². The molecule has 0 nitrogen and oxygen atoms in total. The van der Waals surface area contributed by atoms with Crippen LogP contribution in [0.1, 0.15) is 25.7 Å². The second kappa shape index (κ2) is 5.04. The van der Waals surface area contributed by atoms with Gasteiger partial charge in [-0.25, -0.2) is 0 Å². The van der Waals surface area contributed by atoms with E-state index < -0.39 is 0 Å². The summed E-state index contributed by atoms with van der Waals surface area (Å²) >= 11 is 0. The molecule has 10 heavy (non-hydrogen) atoms. The molecular weight excluding hydrogens is 120 g/mol. The second-order valence-electron chi connectivity index (χ2n) is 2.45. The smallest absolute Gasteiger partial charge is 0.0187 e. The molecular formula is C10H13. The van der Waals surface area contributed by atoms with Gasteiger partial charge in [-0.05, 0) is 31.8 Å². The molecule has 0 heteroatoms. The van der Waals surface area contributed by atoms with Crippen molar-refractivity contribution in [3.05, 3.63) is 36.5 Å². The molecule has 0 atom stereocenters. The SMILES string of the molecule is [C]1=C\C=C\CCCC\C=C/1. The molecule has 0 saturated heterocycles. The quantitative estimate of drug-likeness (QED) is 0.476. The van der Waals surface area contributed by atoms with Crippen molar-refractivity contribution in [2.45, 2.75) is 25.7 Å². The summed E-state index contributed by atoms with van der Waals surface area (Å²) in [5.74, 6) is 0. The second-order valence-corrected chi connectivity index (χ2v) is 2.45. The molecule has 0 amide bonds. The molecule has 1 rings (SSSR count). The highest BCUT2D eigenvalue weighted by Crippen LogP contribution is 2.02. The van der Waals surface area contributed by atoms with E-state index in [0.29, 0.717) is 0 Å². The Morgan fingerprint density at radius 2 is 1.80 bits per heavy atom. The lowest BCUT2D eigenvalue weighted by Crippen LogP contribution is -1.73. The summed E-state index contributed by atoms with van der Waals surface area (Å²) in [4.78, 5) is 0. The Morgan fingerprint density at radius 1 is 1.00 bits per heavy atom. The first-order valence-electron chi connectivity index (χ1n) is 3.89. The van der Waals surface area contributed by atoms with Gasteiger partial charge in [0.2, 0.25) is 0 Å². The molecule has 0 aromatic carbocycles. The van der Waals surface area contributed by atoms with Crippen LogP contribution in [0.15, 0.2) is 30.4 Å². The van der Waals surface area contributed by atoms with Gasteiger partial charge in [-0.2, -0.15) is 0 Å². The van der Waals surface area contributed by atoms with Crippen molar-refractivity contribution in [3.63, 3.8) is 0 Å². The zero-order chi connectivity index (χ0) is 7.07. The average Bonchev–Trinajstić information content (AvgIpc) is 2.01. The summed E-state index contributed by atoms with van der Waals surface area (Å²) in [6.45, 7) is 0. The molecule has 0 aromatic rings. The minimum absolute atomic E-state index is 1.20. The molecule has 0 spiro atoms. The summed E-state index contributed by atoms with van der Waals surface area (Å²) in [6.07, 6.45) is 18.5. The monoisotopic (exact) mass is 133 g/mol. The van der Waals surface area contributed by atoms with E-state index in [1.165, 1.54) is 25.7 Å². The van der Waals surface area contributed by atoms with Gasteiger partial charge in [0.1, 0.15) is 0 Å². The van der Waals surface area contributed by atoms with Crippen molar-refractivity contribution in [3.8, 4) is 0 Å². The molecule has 53 valence electrons. The summed E-state index contributed by atoms with van der Waals surface area (Å²) in [5.41, 5.74) is 0. The van der Waals surface area contributed by atoms with E-state index in [2.05, 4.69) is 24.3 Å². The standard InChI is InChI=1S/C10H13/c1-2-4-6-8-10-9-7-5-3-1/h1-3,7,9H,4,6,8,10H2/b2-1+,5-3?,9-7-. The molecule has 0 heterocycles. The fraction of sp³-hybridized carbons (Fsp3) is 0.400. The maximum atomic E-state index is 3.06. The molecule has 0 saturated carbocycles. The van der Waals surface area contributed by atoms with Crippen molar-refractivity contribution in [2.24, 2.45) is 0 Å². The van der Waals surface area contributed by atoms with E-state index in [-0.39, 0.29) is 0 Å². The number of hydrogen-bond donors (Lipinski definition) is 0. The van der Waals surface area contributed by atoms with E-state index in [4.69, 9.17) is 0 Å². The van der Waals surface area contributed by atoms with Gasteiger partial charge in [0.05, 0.1) is 0 Å². The van der Waals surface area contributed by atoms with Crippen LogP contribution in [0.3, 0.4) is 0 Å². The van der Waals surface area contributed by atoms with Crippen LogP contribution in [0.4, 0.5) is 0 Å². The fourth-order valence-electron chi connectivity index (χ4n) is 0.951. The van der Waals surface area contributed by atoms with E-state index in [1.54, 1.807) is 0 Å². The highest BCUT2D eigenvalue weighted by atomic mass is 13.9. The summed E-state index contributed by atoms with van der Waals surface area (Å²) in [6, 6.07) is 0. The highest BCUT2D eigenvalue weighted by molar-refractivity contribution is 5.06. The Bertz CT molecular complexity index is 131. The minimum atomic E-state index is 1.20. The van der Waals surface area contributed by atoms with Crippen molar-refractivity contribution in [2.75, 3.05) is 0 Å². The number of allylic oxidation sites excluding steroid dienone is 6. The van der Waals surface area contributed by atoms with Crippen molar-refractivity contribution in [1.82, 2.24) is 0 Å². The first-order chi connectivity index (χ1) is 5.00. The minimum Gasteiger partial charge on any atom is -0.0845 e. The molecule has 0 fully saturated rings. The predicted molar refractivity (Wildman–Crippen MR) is 44.6 cm³/mol. The van der Waals surface area contributed by atoms with Gasteiger partial charge in [0, 0.05) is 0 Å². The maximum Gasteiger partial charge on any atom is -0.0187 e. The number of hydrogen-bond acceptors (Lipinski definition) is 0. The van der Waals surface area contributed by atoms with Gasteiger partial charge in [0.15, 0.2) is 0 Å². The van der Waals surface area contributed by atoms with Crippen molar-refractivity contribution >= 4 is 0 Å². The molecule has 1 aliphatic carbocycles. The summed E-state index contributed by atoms with van der Waals surface area (Å²) in [7, 11) is 0. The molecule has 1 radical (unpaired) electrons. The first kappa shape index (κ1) is 7.33. The van der Waals surface area contributed by atoms with Crippen LogP contribution >= 0.6 is 0 Å². The predicted octanol–water partition coefficient (Wildman–Crippen LogP) is 3.03. The molecule has 0 unspecified atom stereocenters. The van der Waals surface area contributed by atoms with E-state index in [1.807, 2.05) is 12.2 Å². The third-order valence-electron chi connectivity index (χ3n) is 1.53. The summed E-state index contributed by atoms with van der Waals surface area (Å²) in [5, 5.41) is 0. The van der Waals surface area contributed by atoms with Gasteiger partial charge in [0.25, 0.3) is 0 Å². The molecule has 0 aliphatic heterocycles. The Kier molecular flexibility index (Phi) is 3.69. The van der Waals surface area contributed by atoms with E-state index in [0.717, 1.165) is 0 Å². The Balaban J connectivity index is 2.40. The average molecular weight is 133 g/mol. The molecule has 1 aliphatic rings. The number of rotatable bonds is 0. The van der Waals surface area contributed by atoms with Gasteiger partial charge in [-0.15, -0.1) is 0 Å². The maximum absolute atomic E-state index is 3.06. The van der Waals surface area contributed by atoms with E-state index >= 15 is 0 Å². The van der Waals surface area contributed by atoms with Crippen LogP contribution in [0, 0.1) is 6.08 Å². The normalized spacial score (nSPS) is 28.8. The van der Waals surface area contributed by atoms with Crippen LogP contribution in [0.5, 0.6) is 0 Å². The van der Waals surface area contributed by atoms with Crippen LogP contribution in [0.2, 0.25) is 0 Å². The van der Waals surface area contributed by atoms with Crippen molar-refractivity contribution < 1.29 is 0 Å². The Morgan fingerprint density at radius 3 is 2.70 bits per heavy atom. The zero-order valence-electron chi connectivity index (χ0n) is 6.22. The van der Waals surface area contributed by atoms with E-state index in [9.17, 15) is 0 Å². The van der Waals surface area contributed by atoms with Crippen molar-refractivity contribution in [1.29, 1.82) is 0 Å². The Labute approximate surface area is 62.9 Å². The van der Waals surface area contributed by atoms with Crippen LogP contribution < -0.4 is 0 Å². The molecule has 0 bridgehead atoms. The lowest BCUT2D eigenvalue weighted by Gasteiger charge is -1.92.